The molecule has 1 amide bonds. The number of carbonyl (C=O) groups excluding carboxylic acids is 3. The number of hydrogen-bond donors (Lipinski definition) is 1. The van der Waals surface area contributed by atoms with Gasteiger partial charge in [-0.15, -0.1) is 0 Å². The van der Waals surface area contributed by atoms with Gasteiger partial charge in [0, 0.05) is 25.3 Å². The first-order valence-corrected chi connectivity index (χ1v) is 9.17. The number of halogens is 3. The number of Topliss-reactive ketones (excluding diaryl/α,β-unsaturated/α-hetero) is 2. The van der Waals surface area contributed by atoms with Crippen molar-refractivity contribution in [3.05, 3.63) is 41.0 Å². The minimum absolute atomic E-state index is 0.0229. The summed E-state index contributed by atoms with van der Waals surface area (Å²) in [5.41, 5.74) is 2.25. The van der Waals surface area contributed by atoms with E-state index in [0.717, 1.165) is 5.57 Å². The molecule has 0 saturated heterocycles. The van der Waals surface area contributed by atoms with Gasteiger partial charge in [-0.1, -0.05) is 12.2 Å². The van der Waals surface area contributed by atoms with Crippen LogP contribution in [0.1, 0.15) is 42.4 Å². The van der Waals surface area contributed by atoms with E-state index in [4.69, 9.17) is 4.74 Å². The zero-order valence-corrected chi connectivity index (χ0v) is 16.6. The first-order valence-electron chi connectivity index (χ1n) is 9.17. The van der Waals surface area contributed by atoms with Crippen LogP contribution in [0.3, 0.4) is 0 Å². The van der Waals surface area contributed by atoms with Crippen LogP contribution in [0.5, 0.6) is 5.75 Å². The lowest BCUT2D eigenvalue weighted by atomic mass is 9.87. The second-order valence-corrected chi connectivity index (χ2v) is 7.52. The zero-order chi connectivity index (χ0) is 21.9. The maximum absolute atomic E-state index is 12.8. The third-order valence-corrected chi connectivity index (χ3v) is 4.73. The van der Waals surface area contributed by atoms with Crippen LogP contribution >= 0.6 is 0 Å². The molecule has 1 N–H and O–H groups in total. The normalized spacial score (nSPS) is 19.4. The maximum Gasteiger partial charge on any atom is 0.422 e. The van der Waals surface area contributed by atoms with Crippen molar-refractivity contribution < 1.29 is 32.3 Å². The largest absolute Gasteiger partial charge is 0.484 e. The summed E-state index contributed by atoms with van der Waals surface area (Å²) in [6.45, 7) is 7.56. The van der Waals surface area contributed by atoms with Crippen molar-refractivity contribution in [2.24, 2.45) is 5.92 Å². The first kappa shape index (κ1) is 22.6. The molecule has 1 aromatic rings. The molecule has 1 aromatic carbocycles. The Morgan fingerprint density at radius 3 is 2.34 bits per heavy atom. The van der Waals surface area contributed by atoms with Crippen LogP contribution in [0, 0.1) is 19.8 Å². The Kier molecular flexibility index (Phi) is 6.87. The molecule has 29 heavy (non-hydrogen) atoms. The molecule has 1 saturated carbocycles. The van der Waals surface area contributed by atoms with Crippen LogP contribution in [-0.4, -0.2) is 36.8 Å². The number of benzene rings is 1. The van der Waals surface area contributed by atoms with Crippen LogP contribution in [0.4, 0.5) is 13.2 Å². The molecule has 158 valence electrons. The fraction of sp³-hybridized carbons (Fsp3) is 0.476. The van der Waals surface area contributed by atoms with Gasteiger partial charge in [0.15, 0.2) is 12.4 Å². The summed E-state index contributed by atoms with van der Waals surface area (Å²) >= 11 is 0. The van der Waals surface area contributed by atoms with Gasteiger partial charge in [-0.05, 0) is 49.6 Å². The molecule has 0 aromatic heterocycles. The highest BCUT2D eigenvalue weighted by molar-refractivity contribution is 6.15. The van der Waals surface area contributed by atoms with Crippen LogP contribution in [0.15, 0.2) is 24.3 Å². The van der Waals surface area contributed by atoms with Gasteiger partial charge in [-0.2, -0.15) is 13.2 Å². The summed E-state index contributed by atoms with van der Waals surface area (Å²) in [6.07, 6.45) is -4.58. The molecule has 0 radical (unpaired) electrons. The van der Waals surface area contributed by atoms with Crippen molar-refractivity contribution in [3.63, 3.8) is 0 Å². The van der Waals surface area contributed by atoms with Crippen molar-refractivity contribution in [2.75, 3.05) is 13.2 Å². The molecule has 1 aliphatic rings. The number of nitrogens with one attached hydrogen (secondary N) is 1. The molecule has 2 atom stereocenters. The quantitative estimate of drug-likeness (QED) is 0.550. The summed E-state index contributed by atoms with van der Waals surface area (Å²) in [7, 11) is 0. The number of carbonyl (C=O) groups is 3. The van der Waals surface area contributed by atoms with Crippen LogP contribution in [0.25, 0.3) is 0 Å². The molecule has 0 bridgehead atoms. The van der Waals surface area contributed by atoms with Crippen molar-refractivity contribution in [1.82, 2.24) is 5.32 Å². The van der Waals surface area contributed by atoms with Crippen molar-refractivity contribution >= 4 is 17.5 Å². The van der Waals surface area contributed by atoms with E-state index in [1.807, 2.05) is 0 Å². The van der Waals surface area contributed by atoms with Gasteiger partial charge in [0.1, 0.15) is 17.5 Å². The van der Waals surface area contributed by atoms with Gasteiger partial charge >= 0.3 is 6.18 Å². The van der Waals surface area contributed by atoms with E-state index >= 15 is 0 Å². The van der Waals surface area contributed by atoms with Crippen LogP contribution in [-0.2, 0) is 14.4 Å². The van der Waals surface area contributed by atoms with Gasteiger partial charge in [0.25, 0.3) is 0 Å². The number of amides is 1. The van der Waals surface area contributed by atoms with Crippen LogP contribution in [0.2, 0.25) is 0 Å². The molecule has 0 heterocycles. The van der Waals surface area contributed by atoms with E-state index in [0.29, 0.717) is 23.2 Å². The van der Waals surface area contributed by atoms with Crippen LogP contribution < -0.4 is 10.1 Å². The molecule has 8 heteroatoms. The van der Waals surface area contributed by atoms with E-state index in [-0.39, 0.29) is 36.1 Å². The molecule has 2 rings (SSSR count). The van der Waals surface area contributed by atoms with E-state index in [1.54, 1.807) is 20.8 Å². The fourth-order valence-corrected chi connectivity index (χ4v) is 3.52. The number of alkyl halides is 3. The zero-order valence-electron chi connectivity index (χ0n) is 16.6. The highest BCUT2D eigenvalue weighted by atomic mass is 19.4. The molecular weight excluding hydrogens is 387 g/mol. The van der Waals surface area contributed by atoms with Gasteiger partial charge in [0.2, 0.25) is 5.91 Å². The van der Waals surface area contributed by atoms with E-state index in [9.17, 15) is 27.6 Å². The van der Waals surface area contributed by atoms with Gasteiger partial charge < -0.3 is 10.1 Å². The van der Waals surface area contributed by atoms with E-state index in [2.05, 4.69) is 11.9 Å². The Hall–Kier alpha value is -2.64. The Morgan fingerprint density at radius 1 is 1.24 bits per heavy atom. The number of ether oxygens (including phenoxy) is 1. The molecule has 1 fully saturated rings. The Morgan fingerprint density at radius 2 is 1.83 bits per heavy atom. The number of rotatable bonds is 7. The Labute approximate surface area is 167 Å². The van der Waals surface area contributed by atoms with Gasteiger partial charge in [-0.3, -0.25) is 14.4 Å². The highest BCUT2D eigenvalue weighted by Crippen LogP contribution is 2.38. The third-order valence-electron chi connectivity index (χ3n) is 4.73. The monoisotopic (exact) mass is 411 g/mol. The molecule has 2 unspecified atom stereocenters. The van der Waals surface area contributed by atoms with Crippen molar-refractivity contribution in [2.45, 2.75) is 45.7 Å². The smallest absolute Gasteiger partial charge is 0.422 e. The average Bonchev–Trinajstić information content (AvgIpc) is 2.85. The minimum Gasteiger partial charge on any atom is -0.484 e. The summed E-state index contributed by atoms with van der Waals surface area (Å²) in [6, 6.07) is 2.78. The summed E-state index contributed by atoms with van der Waals surface area (Å²) < 4.78 is 41.9. The molecule has 1 aliphatic carbocycles. The first-order chi connectivity index (χ1) is 13.4. The molecule has 0 aliphatic heterocycles. The lowest BCUT2D eigenvalue weighted by molar-refractivity contribution is -0.153. The lowest BCUT2D eigenvalue weighted by Crippen LogP contribution is -2.28. The topological polar surface area (TPSA) is 72.5 Å². The molecule has 0 spiro atoms. The maximum atomic E-state index is 12.8. The summed E-state index contributed by atoms with van der Waals surface area (Å²) in [5, 5.41) is 2.64. The summed E-state index contributed by atoms with van der Waals surface area (Å²) in [5.74, 6) is -2.65. The molecular formula is C21H24F3NO4. The number of ketones is 2. The predicted octanol–water partition coefficient (Wildman–Crippen LogP) is 3.57. The number of aryl methyl sites for hydroxylation is 2. The molecule has 5 nitrogen and oxygen atoms in total. The summed E-state index contributed by atoms with van der Waals surface area (Å²) in [4.78, 5) is 37.4. The highest BCUT2D eigenvalue weighted by Gasteiger charge is 2.44. The fourth-order valence-electron chi connectivity index (χ4n) is 3.52. The standard InChI is InChI=1S/C21H24F3NO4/c1-11(2)9-25-17(27)8-14-7-16(26)19(20(14)28)18-12(3)5-15(6-13(18)4)29-10-21(22,23)24/h5-6,14,19H,1,7-10H2,2-4H3,(H,25,27). The lowest BCUT2D eigenvalue weighted by Gasteiger charge is -2.18. The second kappa shape index (κ2) is 8.80. The Balaban J connectivity index is 2.17. The van der Waals surface area contributed by atoms with Crippen molar-refractivity contribution in [1.29, 1.82) is 0 Å². The SMILES string of the molecule is C=C(C)CNC(=O)CC1CC(=O)C(c2c(C)cc(OCC(F)(F)F)cc2C)C1=O. The second-order valence-electron chi connectivity index (χ2n) is 7.52. The predicted molar refractivity (Wildman–Crippen MR) is 101 cm³/mol. The average molecular weight is 411 g/mol. The van der Waals surface area contributed by atoms with E-state index < -0.39 is 24.6 Å². The minimum atomic E-state index is -4.46. The number of hydrogen-bond acceptors (Lipinski definition) is 4. The third kappa shape index (κ3) is 5.92. The van der Waals surface area contributed by atoms with Crippen molar-refractivity contribution in [3.8, 4) is 5.75 Å². The Bertz CT molecular complexity index is 822. The van der Waals surface area contributed by atoms with E-state index in [1.165, 1.54) is 12.1 Å². The van der Waals surface area contributed by atoms with Gasteiger partial charge in [0.05, 0.1) is 0 Å². The van der Waals surface area contributed by atoms with Gasteiger partial charge in [-0.25, -0.2) is 0 Å².